The van der Waals surface area contributed by atoms with Crippen molar-refractivity contribution < 1.29 is 9.59 Å². The van der Waals surface area contributed by atoms with E-state index in [9.17, 15) is 9.59 Å². The highest BCUT2D eigenvalue weighted by Crippen LogP contribution is 2.34. The van der Waals surface area contributed by atoms with Crippen molar-refractivity contribution in [1.29, 1.82) is 0 Å². The second kappa shape index (κ2) is 5.58. The van der Waals surface area contributed by atoms with Gasteiger partial charge in [-0.05, 0) is 12.1 Å². The first-order valence-electron chi connectivity index (χ1n) is 7.24. The molecule has 1 aromatic heterocycles. The van der Waals surface area contributed by atoms with E-state index in [2.05, 4.69) is 4.98 Å². The summed E-state index contributed by atoms with van der Waals surface area (Å²) in [5, 5.41) is 0. The molecule has 0 saturated carbocycles. The monoisotopic (exact) mass is 356 g/mol. The van der Waals surface area contributed by atoms with Crippen LogP contribution in [0.4, 0.5) is 0 Å². The lowest BCUT2D eigenvalue weighted by molar-refractivity contribution is 0.0972. The number of carbonyl (C=O) groups is 2. The van der Waals surface area contributed by atoms with Crippen LogP contribution in [0.25, 0.3) is 5.69 Å². The van der Waals surface area contributed by atoms with Gasteiger partial charge in [0.2, 0.25) is 11.6 Å². The van der Waals surface area contributed by atoms with Crippen molar-refractivity contribution in [3.8, 4) is 5.69 Å². The molecule has 118 valence electrons. The van der Waals surface area contributed by atoms with Crippen LogP contribution >= 0.6 is 23.2 Å². The second-order valence-electron chi connectivity index (χ2n) is 5.34. The summed E-state index contributed by atoms with van der Waals surface area (Å²) in [5.41, 5.74) is 1.67. The number of carbonyl (C=O) groups excluding carboxylic acids is 2. The molecular weight excluding hydrogens is 347 g/mol. The minimum atomic E-state index is -0.973. The van der Waals surface area contributed by atoms with E-state index in [1.54, 1.807) is 41.0 Å². The summed E-state index contributed by atoms with van der Waals surface area (Å²) in [4.78, 5) is 29.1. The minimum absolute atomic E-state index is 0.0869. The van der Waals surface area contributed by atoms with Crippen molar-refractivity contribution in [3.63, 3.8) is 0 Å². The maximum atomic E-state index is 13.0. The molecule has 0 N–H and O–H groups in total. The van der Waals surface area contributed by atoms with E-state index in [0.717, 1.165) is 0 Å². The van der Waals surface area contributed by atoms with Crippen LogP contribution in [0.3, 0.4) is 0 Å². The molecule has 0 aliphatic heterocycles. The molecule has 0 bridgehead atoms. The molecule has 4 nitrogen and oxygen atoms in total. The van der Waals surface area contributed by atoms with Gasteiger partial charge < -0.3 is 0 Å². The number of alkyl halides is 2. The van der Waals surface area contributed by atoms with E-state index in [1.165, 1.54) is 0 Å². The Hall–Kier alpha value is -2.43. The van der Waals surface area contributed by atoms with Crippen LogP contribution in [-0.2, 0) is 0 Å². The molecule has 1 aliphatic rings. The predicted octanol–water partition coefficient (Wildman–Crippen LogP) is 4.12. The van der Waals surface area contributed by atoms with E-state index in [1.807, 2.05) is 18.2 Å². The Morgan fingerprint density at radius 3 is 2.04 bits per heavy atom. The highest BCUT2D eigenvalue weighted by Gasteiger charge is 2.37. The minimum Gasteiger partial charge on any atom is -0.290 e. The Bertz CT molecular complexity index is 978. The third-order valence-corrected chi connectivity index (χ3v) is 4.35. The molecule has 1 heterocycles. The number of halogens is 2. The fourth-order valence-electron chi connectivity index (χ4n) is 2.92. The van der Waals surface area contributed by atoms with Crippen molar-refractivity contribution in [2.24, 2.45) is 0 Å². The number of fused-ring (bicyclic) bond motifs is 2. The average Bonchev–Trinajstić information content (AvgIpc) is 3.02. The average molecular weight is 357 g/mol. The SMILES string of the molecule is O=C1c2ccccc2C(=O)c2c1nc(C(Cl)Cl)n2-c1ccccc1. The molecule has 1 aliphatic carbocycles. The van der Waals surface area contributed by atoms with E-state index >= 15 is 0 Å². The van der Waals surface area contributed by atoms with Gasteiger partial charge in [-0.2, -0.15) is 0 Å². The van der Waals surface area contributed by atoms with Gasteiger partial charge in [-0.15, -0.1) is 0 Å². The maximum absolute atomic E-state index is 13.0. The quantitative estimate of drug-likeness (QED) is 0.507. The summed E-state index contributed by atoms with van der Waals surface area (Å²) < 4.78 is 1.57. The zero-order valence-electron chi connectivity index (χ0n) is 12.2. The first kappa shape index (κ1) is 15.1. The van der Waals surface area contributed by atoms with Crippen molar-refractivity contribution in [2.45, 2.75) is 4.84 Å². The number of rotatable bonds is 2. The largest absolute Gasteiger partial charge is 0.290 e. The van der Waals surface area contributed by atoms with Crippen molar-refractivity contribution in [1.82, 2.24) is 9.55 Å². The van der Waals surface area contributed by atoms with E-state index in [-0.39, 0.29) is 28.8 Å². The summed E-state index contributed by atoms with van der Waals surface area (Å²) in [6, 6.07) is 15.8. The first-order chi connectivity index (χ1) is 11.6. The van der Waals surface area contributed by atoms with Crippen LogP contribution in [0.1, 0.15) is 42.8 Å². The summed E-state index contributed by atoms with van der Waals surface area (Å²) in [6.45, 7) is 0. The lowest BCUT2D eigenvalue weighted by Gasteiger charge is -2.16. The van der Waals surface area contributed by atoms with Crippen molar-refractivity contribution in [2.75, 3.05) is 0 Å². The molecule has 0 spiro atoms. The van der Waals surface area contributed by atoms with Crippen molar-refractivity contribution >= 4 is 34.8 Å². The molecule has 4 rings (SSSR count). The molecule has 0 unspecified atom stereocenters. The third kappa shape index (κ3) is 2.11. The lowest BCUT2D eigenvalue weighted by atomic mass is 9.90. The normalized spacial score (nSPS) is 13.1. The number of hydrogen-bond acceptors (Lipinski definition) is 3. The Labute approximate surface area is 147 Å². The zero-order chi connectivity index (χ0) is 16.8. The molecule has 0 saturated heterocycles. The number of hydrogen-bond donors (Lipinski definition) is 0. The number of aromatic nitrogens is 2. The van der Waals surface area contributed by atoms with Gasteiger partial charge in [-0.25, -0.2) is 4.98 Å². The fourth-order valence-corrected chi connectivity index (χ4v) is 3.22. The van der Waals surface area contributed by atoms with Crippen LogP contribution in [0.2, 0.25) is 0 Å². The number of imidazole rings is 1. The predicted molar refractivity (Wildman–Crippen MR) is 91.3 cm³/mol. The fraction of sp³-hybridized carbons (Fsp3) is 0.0556. The van der Waals surface area contributed by atoms with E-state index in [4.69, 9.17) is 23.2 Å². The zero-order valence-corrected chi connectivity index (χ0v) is 13.8. The smallest absolute Gasteiger partial charge is 0.214 e. The van der Waals surface area contributed by atoms with Gasteiger partial charge in [0.1, 0.15) is 17.2 Å². The van der Waals surface area contributed by atoms with Gasteiger partial charge in [0.15, 0.2) is 4.84 Å². The van der Waals surface area contributed by atoms with Gasteiger partial charge in [0.25, 0.3) is 0 Å². The summed E-state index contributed by atoms with van der Waals surface area (Å²) in [6.07, 6.45) is 0. The molecule has 2 aromatic carbocycles. The number of benzene rings is 2. The molecule has 0 radical (unpaired) electrons. The molecule has 24 heavy (non-hydrogen) atoms. The Morgan fingerprint density at radius 2 is 1.42 bits per heavy atom. The topological polar surface area (TPSA) is 52.0 Å². The number of ketones is 2. The lowest BCUT2D eigenvalue weighted by Crippen LogP contribution is -2.23. The Kier molecular flexibility index (Phi) is 3.52. The maximum Gasteiger partial charge on any atom is 0.214 e. The van der Waals surface area contributed by atoms with Gasteiger partial charge in [-0.3, -0.25) is 14.2 Å². The molecule has 0 fully saturated rings. The number of para-hydroxylation sites is 1. The summed E-state index contributed by atoms with van der Waals surface area (Å²) in [5.74, 6) is -0.314. The standard InChI is InChI=1S/C18H10Cl2N2O2/c19-17(20)18-21-13-14(22(18)10-6-2-1-3-7-10)16(24)12-9-5-4-8-11(12)15(13)23/h1-9,17H. The summed E-state index contributed by atoms with van der Waals surface area (Å²) in [7, 11) is 0. The highest BCUT2D eigenvalue weighted by atomic mass is 35.5. The third-order valence-electron chi connectivity index (χ3n) is 3.96. The Balaban J connectivity index is 2.05. The highest BCUT2D eigenvalue weighted by molar-refractivity contribution is 6.44. The van der Waals surface area contributed by atoms with E-state index < -0.39 is 4.84 Å². The molecule has 0 amide bonds. The van der Waals surface area contributed by atoms with Crippen LogP contribution in [0.5, 0.6) is 0 Å². The Morgan fingerprint density at radius 1 is 0.833 bits per heavy atom. The van der Waals surface area contributed by atoms with Crippen LogP contribution in [0, 0.1) is 0 Å². The molecule has 0 atom stereocenters. The molecular formula is C18H10Cl2N2O2. The van der Waals surface area contributed by atoms with Crippen LogP contribution in [-0.4, -0.2) is 21.1 Å². The summed E-state index contributed by atoms with van der Waals surface area (Å²) >= 11 is 12.1. The van der Waals surface area contributed by atoms with Crippen molar-refractivity contribution in [3.05, 3.63) is 82.9 Å². The molecule has 6 heteroatoms. The van der Waals surface area contributed by atoms with Crippen LogP contribution < -0.4 is 0 Å². The molecule has 3 aromatic rings. The van der Waals surface area contributed by atoms with Gasteiger partial charge in [-0.1, -0.05) is 65.7 Å². The van der Waals surface area contributed by atoms with Gasteiger partial charge >= 0.3 is 0 Å². The second-order valence-corrected chi connectivity index (χ2v) is 6.44. The van der Waals surface area contributed by atoms with Gasteiger partial charge in [0.05, 0.1) is 0 Å². The number of nitrogens with zero attached hydrogens (tertiary/aromatic N) is 2. The van der Waals surface area contributed by atoms with E-state index in [0.29, 0.717) is 16.8 Å². The van der Waals surface area contributed by atoms with Gasteiger partial charge in [0, 0.05) is 16.8 Å². The van der Waals surface area contributed by atoms with Crippen LogP contribution in [0.15, 0.2) is 54.6 Å². The first-order valence-corrected chi connectivity index (χ1v) is 8.11.